The van der Waals surface area contributed by atoms with Gasteiger partial charge in [-0.15, -0.1) is 24.1 Å². The van der Waals surface area contributed by atoms with Crippen molar-refractivity contribution in [2.24, 2.45) is 5.73 Å². The molecular weight excluding hydrogens is 244 g/mol. The molecule has 1 unspecified atom stereocenters. The monoisotopic (exact) mass is 262 g/mol. The number of rotatable bonds is 5. The highest BCUT2D eigenvalue weighted by Gasteiger charge is 2.16. The van der Waals surface area contributed by atoms with Crippen molar-refractivity contribution < 1.29 is 4.79 Å². The largest absolute Gasteiger partial charge is 0.340 e. The Balaban J connectivity index is 2.60. The van der Waals surface area contributed by atoms with Gasteiger partial charge in [-0.05, 0) is 24.0 Å². The quantitative estimate of drug-likeness (QED) is 0.649. The molecule has 0 radical (unpaired) electrons. The summed E-state index contributed by atoms with van der Waals surface area (Å²) in [7, 11) is 1.74. The molecule has 96 valence electrons. The zero-order chi connectivity index (χ0) is 13.5. The highest BCUT2D eigenvalue weighted by atomic mass is 32.2. The van der Waals surface area contributed by atoms with E-state index < -0.39 is 6.04 Å². The van der Waals surface area contributed by atoms with E-state index in [0.717, 1.165) is 5.56 Å². The summed E-state index contributed by atoms with van der Waals surface area (Å²) < 4.78 is 0. The van der Waals surface area contributed by atoms with Gasteiger partial charge in [0.2, 0.25) is 5.91 Å². The van der Waals surface area contributed by atoms with E-state index in [4.69, 9.17) is 12.2 Å². The first-order chi connectivity index (χ1) is 8.58. The Hall–Kier alpha value is -1.44. The third-order valence-corrected chi connectivity index (χ3v) is 3.35. The van der Waals surface area contributed by atoms with Crippen LogP contribution in [0.2, 0.25) is 0 Å². The minimum absolute atomic E-state index is 0.123. The molecule has 1 rings (SSSR count). The minimum Gasteiger partial charge on any atom is -0.340 e. The van der Waals surface area contributed by atoms with Crippen molar-refractivity contribution in [3.63, 3.8) is 0 Å². The van der Waals surface area contributed by atoms with Crippen molar-refractivity contribution in [3.05, 3.63) is 29.8 Å². The molecule has 0 aliphatic heterocycles. The van der Waals surface area contributed by atoms with Gasteiger partial charge in [0.25, 0.3) is 0 Å². The number of benzene rings is 1. The average Bonchev–Trinajstić information content (AvgIpc) is 2.39. The standard InChI is InChI=1S/C14H18N2OS/c1-4-5-13(15)14(17)16(2)10-11-6-8-12(18-3)9-7-11/h1,6-9,13H,5,10,15H2,2-3H3. The highest BCUT2D eigenvalue weighted by molar-refractivity contribution is 7.98. The highest BCUT2D eigenvalue weighted by Crippen LogP contribution is 2.15. The maximum atomic E-state index is 11.9. The van der Waals surface area contributed by atoms with Crippen molar-refractivity contribution in [3.8, 4) is 12.3 Å². The van der Waals surface area contributed by atoms with Gasteiger partial charge < -0.3 is 10.6 Å². The molecule has 4 heteroatoms. The predicted molar refractivity (Wildman–Crippen MR) is 76.1 cm³/mol. The van der Waals surface area contributed by atoms with Gasteiger partial charge in [-0.1, -0.05) is 12.1 Å². The molecule has 1 aromatic rings. The Morgan fingerprint density at radius 2 is 2.11 bits per heavy atom. The first-order valence-electron chi connectivity index (χ1n) is 5.65. The van der Waals surface area contributed by atoms with E-state index in [9.17, 15) is 4.79 Å². The second-order valence-electron chi connectivity index (χ2n) is 4.06. The van der Waals surface area contributed by atoms with E-state index in [2.05, 4.69) is 5.92 Å². The zero-order valence-corrected chi connectivity index (χ0v) is 11.5. The lowest BCUT2D eigenvalue weighted by Crippen LogP contribution is -2.41. The molecule has 1 atom stereocenters. The lowest BCUT2D eigenvalue weighted by atomic mass is 10.1. The van der Waals surface area contributed by atoms with Gasteiger partial charge in [-0.25, -0.2) is 0 Å². The fourth-order valence-corrected chi connectivity index (χ4v) is 1.99. The number of nitrogens with two attached hydrogens (primary N) is 1. The molecule has 1 amide bonds. The molecular formula is C14H18N2OS. The first kappa shape index (κ1) is 14.6. The van der Waals surface area contributed by atoms with Crippen LogP contribution in [0.4, 0.5) is 0 Å². The summed E-state index contributed by atoms with van der Waals surface area (Å²) in [5.74, 6) is 2.28. The van der Waals surface area contributed by atoms with Gasteiger partial charge in [0.15, 0.2) is 0 Å². The summed E-state index contributed by atoms with van der Waals surface area (Å²) in [4.78, 5) is 14.7. The van der Waals surface area contributed by atoms with Crippen LogP contribution in [0.15, 0.2) is 29.2 Å². The van der Waals surface area contributed by atoms with Crippen molar-refractivity contribution in [2.75, 3.05) is 13.3 Å². The molecule has 0 fully saturated rings. The molecule has 0 aromatic heterocycles. The molecule has 0 saturated carbocycles. The van der Waals surface area contributed by atoms with Gasteiger partial charge >= 0.3 is 0 Å². The average molecular weight is 262 g/mol. The fourth-order valence-electron chi connectivity index (χ4n) is 1.58. The van der Waals surface area contributed by atoms with E-state index in [0.29, 0.717) is 6.54 Å². The number of hydrogen-bond donors (Lipinski definition) is 1. The third-order valence-electron chi connectivity index (χ3n) is 2.61. The number of nitrogens with zero attached hydrogens (tertiary/aromatic N) is 1. The van der Waals surface area contributed by atoms with E-state index in [-0.39, 0.29) is 12.3 Å². The zero-order valence-electron chi connectivity index (χ0n) is 10.7. The second kappa shape index (κ2) is 7.10. The summed E-state index contributed by atoms with van der Waals surface area (Å²) in [6.07, 6.45) is 7.45. The smallest absolute Gasteiger partial charge is 0.240 e. The number of carbonyl (C=O) groups is 1. The van der Waals surface area contributed by atoms with E-state index >= 15 is 0 Å². The van der Waals surface area contributed by atoms with Crippen LogP contribution < -0.4 is 5.73 Å². The van der Waals surface area contributed by atoms with Crippen molar-refractivity contribution in [1.29, 1.82) is 0 Å². The Bertz CT molecular complexity index is 436. The van der Waals surface area contributed by atoms with Crippen molar-refractivity contribution >= 4 is 17.7 Å². The van der Waals surface area contributed by atoms with Crippen LogP contribution in [0.3, 0.4) is 0 Å². The third kappa shape index (κ3) is 4.10. The minimum atomic E-state index is -0.606. The molecule has 0 aliphatic rings. The van der Waals surface area contributed by atoms with E-state index in [1.165, 1.54) is 4.90 Å². The summed E-state index contributed by atoms with van der Waals surface area (Å²) in [6, 6.07) is 7.51. The number of terminal acetylenes is 1. The van der Waals surface area contributed by atoms with Crippen molar-refractivity contribution in [2.45, 2.75) is 23.9 Å². The van der Waals surface area contributed by atoms with Gasteiger partial charge in [0, 0.05) is 24.9 Å². The van der Waals surface area contributed by atoms with Gasteiger partial charge in [-0.2, -0.15) is 0 Å². The van der Waals surface area contributed by atoms with Gasteiger partial charge in [0.05, 0.1) is 6.04 Å². The lowest BCUT2D eigenvalue weighted by Gasteiger charge is -2.20. The Morgan fingerprint density at radius 1 is 1.50 bits per heavy atom. The topological polar surface area (TPSA) is 46.3 Å². The van der Waals surface area contributed by atoms with Gasteiger partial charge in [-0.3, -0.25) is 4.79 Å². The molecule has 0 spiro atoms. The first-order valence-corrected chi connectivity index (χ1v) is 6.88. The number of likely N-dealkylation sites (N-methyl/N-ethyl adjacent to an activating group) is 1. The molecule has 1 aromatic carbocycles. The molecule has 3 nitrogen and oxygen atoms in total. The van der Waals surface area contributed by atoms with Crippen LogP contribution >= 0.6 is 11.8 Å². The number of amides is 1. The summed E-state index contributed by atoms with van der Waals surface area (Å²) in [6.45, 7) is 0.547. The van der Waals surface area contributed by atoms with Crippen LogP contribution in [0.1, 0.15) is 12.0 Å². The molecule has 0 heterocycles. The van der Waals surface area contributed by atoms with E-state index in [1.807, 2.05) is 30.5 Å². The lowest BCUT2D eigenvalue weighted by molar-refractivity contribution is -0.131. The Labute approximate surface area is 113 Å². The van der Waals surface area contributed by atoms with Crippen LogP contribution in [0, 0.1) is 12.3 Å². The normalized spacial score (nSPS) is 11.7. The summed E-state index contributed by atoms with van der Waals surface area (Å²) in [5.41, 5.74) is 6.77. The predicted octanol–water partition coefficient (Wildman–Crippen LogP) is 1.72. The number of thioether (sulfide) groups is 1. The molecule has 0 aliphatic carbocycles. The Morgan fingerprint density at radius 3 is 2.61 bits per heavy atom. The van der Waals surface area contributed by atoms with Gasteiger partial charge in [0.1, 0.15) is 0 Å². The van der Waals surface area contributed by atoms with Crippen LogP contribution in [-0.4, -0.2) is 30.2 Å². The molecule has 0 saturated heterocycles. The fraction of sp³-hybridized carbons (Fsp3) is 0.357. The molecule has 2 N–H and O–H groups in total. The maximum absolute atomic E-state index is 11.9. The number of carbonyl (C=O) groups excluding carboxylic acids is 1. The molecule has 0 bridgehead atoms. The summed E-state index contributed by atoms with van der Waals surface area (Å²) in [5, 5.41) is 0. The Kier molecular flexibility index (Phi) is 5.76. The molecule has 18 heavy (non-hydrogen) atoms. The summed E-state index contributed by atoms with van der Waals surface area (Å²) >= 11 is 1.69. The maximum Gasteiger partial charge on any atom is 0.240 e. The van der Waals surface area contributed by atoms with Crippen LogP contribution in [-0.2, 0) is 11.3 Å². The van der Waals surface area contributed by atoms with Crippen LogP contribution in [0.25, 0.3) is 0 Å². The SMILES string of the molecule is C#CCC(N)C(=O)N(C)Cc1ccc(SC)cc1. The van der Waals surface area contributed by atoms with Crippen molar-refractivity contribution in [1.82, 2.24) is 4.90 Å². The van der Waals surface area contributed by atoms with Crippen LogP contribution in [0.5, 0.6) is 0 Å². The second-order valence-corrected chi connectivity index (χ2v) is 4.94. The van der Waals surface area contributed by atoms with E-state index in [1.54, 1.807) is 23.7 Å². The number of hydrogen-bond acceptors (Lipinski definition) is 3.